The molecule has 28 heavy (non-hydrogen) atoms. The monoisotopic (exact) mass is 400 g/mol. The van der Waals surface area contributed by atoms with Gasteiger partial charge in [0.2, 0.25) is 5.60 Å². The predicted molar refractivity (Wildman–Crippen MR) is 99.8 cm³/mol. The molecule has 1 aromatic rings. The number of allylic oxidation sites excluding steroid dienone is 1. The average molecular weight is 400 g/mol. The summed E-state index contributed by atoms with van der Waals surface area (Å²) in [6.45, 7) is 0.376. The molecule has 1 saturated heterocycles. The Hall–Kier alpha value is -1.90. The summed E-state index contributed by atoms with van der Waals surface area (Å²) in [5.74, 6) is -1.17. The fourth-order valence-electron chi connectivity index (χ4n) is 3.12. The number of ether oxygens (including phenoxy) is 1. The summed E-state index contributed by atoms with van der Waals surface area (Å²) in [6.07, 6.45) is -2.14. The molecule has 1 unspecified atom stereocenters. The fraction of sp³-hybridized carbons (Fsp3) is 0.550. The molecule has 5 nitrogen and oxygen atoms in total. The summed E-state index contributed by atoms with van der Waals surface area (Å²) >= 11 is 0. The van der Waals surface area contributed by atoms with Gasteiger partial charge in [-0.2, -0.15) is 13.2 Å². The maximum Gasteiger partial charge on any atom is 0.426 e. The normalized spacial score (nSPS) is 22.1. The van der Waals surface area contributed by atoms with E-state index in [1.807, 2.05) is 30.3 Å². The zero-order chi connectivity index (χ0) is 20.5. The third-order valence-corrected chi connectivity index (χ3v) is 4.64. The Bertz CT molecular complexity index is 650. The molecule has 0 saturated carbocycles. The molecule has 0 spiro atoms. The van der Waals surface area contributed by atoms with Crippen LogP contribution in [0.3, 0.4) is 0 Å². The van der Waals surface area contributed by atoms with Gasteiger partial charge >= 0.3 is 6.18 Å². The molecule has 1 aliphatic heterocycles. The van der Waals surface area contributed by atoms with E-state index in [1.165, 1.54) is 0 Å². The number of amides is 1. The number of aliphatic hydroxyl groups excluding tert-OH is 1. The lowest BCUT2D eigenvalue weighted by Crippen LogP contribution is -2.59. The second-order valence-corrected chi connectivity index (χ2v) is 6.74. The molecular formula is C20H27F3N2O3. The summed E-state index contributed by atoms with van der Waals surface area (Å²) in [5, 5.41) is 13.8. The van der Waals surface area contributed by atoms with Crippen molar-refractivity contribution in [1.29, 1.82) is 0 Å². The molecule has 0 bridgehead atoms. The molecule has 3 N–H and O–H groups in total. The van der Waals surface area contributed by atoms with Crippen molar-refractivity contribution in [1.82, 2.24) is 10.6 Å². The van der Waals surface area contributed by atoms with E-state index in [2.05, 4.69) is 10.6 Å². The van der Waals surface area contributed by atoms with Gasteiger partial charge in [0, 0.05) is 32.7 Å². The first-order chi connectivity index (χ1) is 13.4. The van der Waals surface area contributed by atoms with Gasteiger partial charge < -0.3 is 20.5 Å². The van der Waals surface area contributed by atoms with Gasteiger partial charge in [-0.1, -0.05) is 42.0 Å². The van der Waals surface area contributed by atoms with Crippen LogP contribution >= 0.6 is 0 Å². The number of alkyl halides is 3. The Morgan fingerprint density at radius 3 is 2.64 bits per heavy atom. The summed E-state index contributed by atoms with van der Waals surface area (Å²) < 4.78 is 46.9. The van der Waals surface area contributed by atoms with Crippen LogP contribution in [0.15, 0.2) is 42.0 Å². The molecule has 8 heteroatoms. The van der Waals surface area contributed by atoms with Crippen molar-refractivity contribution in [2.75, 3.05) is 32.8 Å². The lowest BCUT2D eigenvalue weighted by molar-refractivity contribution is -0.265. The lowest BCUT2D eigenvalue weighted by Gasteiger charge is -2.33. The van der Waals surface area contributed by atoms with E-state index in [-0.39, 0.29) is 26.3 Å². The lowest BCUT2D eigenvalue weighted by atomic mass is 9.90. The van der Waals surface area contributed by atoms with E-state index in [4.69, 9.17) is 9.84 Å². The van der Waals surface area contributed by atoms with Gasteiger partial charge in [0.1, 0.15) is 0 Å². The third-order valence-electron chi connectivity index (χ3n) is 4.64. The Morgan fingerprint density at radius 1 is 1.21 bits per heavy atom. The first-order valence-corrected chi connectivity index (χ1v) is 9.41. The highest BCUT2D eigenvalue weighted by atomic mass is 19.4. The largest absolute Gasteiger partial charge is 0.426 e. The van der Waals surface area contributed by atoms with Crippen LogP contribution in [-0.2, 0) is 16.0 Å². The van der Waals surface area contributed by atoms with Crippen LogP contribution in [0, 0.1) is 0 Å². The minimum absolute atomic E-state index is 0.0170. The molecule has 0 aliphatic carbocycles. The van der Waals surface area contributed by atoms with E-state index in [0.717, 1.165) is 5.56 Å². The fourth-order valence-corrected chi connectivity index (χ4v) is 3.12. The zero-order valence-electron chi connectivity index (χ0n) is 15.7. The smallest absolute Gasteiger partial charge is 0.395 e. The highest BCUT2D eigenvalue weighted by Gasteiger charge is 2.62. The predicted octanol–water partition coefficient (Wildman–Crippen LogP) is 2.36. The molecule has 1 amide bonds. The molecule has 0 radical (unpaired) electrons. The Kier molecular flexibility index (Phi) is 8.47. The van der Waals surface area contributed by atoms with E-state index < -0.39 is 24.1 Å². The van der Waals surface area contributed by atoms with Crippen LogP contribution in [0.25, 0.3) is 0 Å². The summed E-state index contributed by atoms with van der Waals surface area (Å²) in [5.41, 5.74) is -1.30. The number of hydrogen-bond donors (Lipinski definition) is 3. The van der Waals surface area contributed by atoms with Crippen molar-refractivity contribution < 1.29 is 27.8 Å². The number of halogens is 3. The van der Waals surface area contributed by atoms with Crippen LogP contribution in [-0.4, -0.2) is 55.6 Å². The van der Waals surface area contributed by atoms with Crippen molar-refractivity contribution >= 4 is 5.91 Å². The van der Waals surface area contributed by atoms with E-state index >= 15 is 0 Å². The third kappa shape index (κ3) is 6.05. The van der Waals surface area contributed by atoms with Crippen LogP contribution in [0.2, 0.25) is 0 Å². The van der Waals surface area contributed by atoms with Gasteiger partial charge in [0.25, 0.3) is 5.91 Å². The number of aliphatic hydroxyl groups is 1. The topological polar surface area (TPSA) is 70.6 Å². The van der Waals surface area contributed by atoms with Gasteiger partial charge in [-0.15, -0.1) is 0 Å². The number of rotatable bonds is 8. The number of carbonyl (C=O) groups excluding carboxylic acids is 1. The molecular weight excluding hydrogens is 373 g/mol. The maximum atomic E-state index is 13.9. The number of nitrogens with one attached hydrogen (secondary N) is 2. The first kappa shape index (κ1) is 22.4. The highest BCUT2D eigenvalue weighted by Crippen LogP contribution is 2.41. The van der Waals surface area contributed by atoms with Gasteiger partial charge in [-0.05, 0) is 24.8 Å². The molecule has 156 valence electrons. The summed E-state index contributed by atoms with van der Waals surface area (Å²) in [7, 11) is 0. The summed E-state index contributed by atoms with van der Waals surface area (Å²) in [4.78, 5) is 12.5. The zero-order valence-corrected chi connectivity index (χ0v) is 15.7. The second-order valence-electron chi connectivity index (χ2n) is 6.74. The van der Waals surface area contributed by atoms with Gasteiger partial charge in [-0.25, -0.2) is 0 Å². The number of hydrogen-bond acceptors (Lipinski definition) is 4. The number of benzene rings is 1. The standard InChI is InChI=1S/C20H27F3N2O3/c21-20(22,23)19(18(27)25-11-10-24-12-13-26)15-17(7-4-14-28-19)9-8-16-5-2-1-3-6-16/h1-3,5-6,9,24,26H,4,7-8,10-15H2,(H,25,27). The van der Waals surface area contributed by atoms with Gasteiger partial charge in [0.15, 0.2) is 0 Å². The summed E-state index contributed by atoms with van der Waals surface area (Å²) in [6, 6.07) is 9.45. The second kappa shape index (κ2) is 10.6. The molecule has 1 fully saturated rings. The number of carbonyl (C=O) groups is 1. The maximum absolute atomic E-state index is 13.9. The molecule has 0 aromatic heterocycles. The van der Waals surface area contributed by atoms with E-state index in [1.54, 1.807) is 6.08 Å². The minimum Gasteiger partial charge on any atom is -0.395 e. The van der Waals surface area contributed by atoms with Crippen molar-refractivity contribution in [3.8, 4) is 0 Å². The SMILES string of the molecule is O=C(NCCNCCO)C1(C(F)(F)F)CC(=CCc2ccccc2)CCCO1. The van der Waals surface area contributed by atoms with Crippen molar-refractivity contribution in [2.45, 2.75) is 37.5 Å². The van der Waals surface area contributed by atoms with Crippen LogP contribution in [0.4, 0.5) is 13.2 Å². The van der Waals surface area contributed by atoms with Crippen LogP contribution in [0.1, 0.15) is 24.8 Å². The minimum atomic E-state index is -4.83. The molecule has 1 aromatic carbocycles. The van der Waals surface area contributed by atoms with E-state index in [0.29, 0.717) is 31.4 Å². The Labute approximate surface area is 163 Å². The molecule has 1 heterocycles. The highest BCUT2D eigenvalue weighted by molar-refractivity contribution is 5.86. The van der Waals surface area contributed by atoms with Crippen molar-refractivity contribution in [3.05, 3.63) is 47.5 Å². The van der Waals surface area contributed by atoms with Crippen LogP contribution in [0.5, 0.6) is 0 Å². The Morgan fingerprint density at radius 2 is 1.96 bits per heavy atom. The molecule has 1 atom stereocenters. The quantitative estimate of drug-likeness (QED) is 0.463. The Balaban J connectivity index is 2.13. The first-order valence-electron chi connectivity index (χ1n) is 9.41. The van der Waals surface area contributed by atoms with Gasteiger partial charge in [-0.3, -0.25) is 4.79 Å². The van der Waals surface area contributed by atoms with Gasteiger partial charge in [0.05, 0.1) is 6.61 Å². The van der Waals surface area contributed by atoms with Crippen molar-refractivity contribution in [2.24, 2.45) is 0 Å². The average Bonchev–Trinajstić information content (AvgIpc) is 2.90. The molecule has 1 aliphatic rings. The van der Waals surface area contributed by atoms with Crippen LogP contribution < -0.4 is 10.6 Å². The van der Waals surface area contributed by atoms with E-state index in [9.17, 15) is 18.0 Å². The van der Waals surface area contributed by atoms with Crippen molar-refractivity contribution in [3.63, 3.8) is 0 Å². The molecule has 2 rings (SSSR count).